The van der Waals surface area contributed by atoms with Crippen molar-refractivity contribution in [1.29, 1.82) is 0 Å². The second kappa shape index (κ2) is 5.73. The number of thiophene rings is 1. The molecule has 2 N–H and O–H groups in total. The summed E-state index contributed by atoms with van der Waals surface area (Å²) in [5, 5.41) is 11.3. The summed E-state index contributed by atoms with van der Waals surface area (Å²) in [6, 6.07) is 7.64. The standard InChI is InChI=1S/C13H15NO3S2/c1-2-10-6-7-18-13(10)9-14-19(16,17)12-5-3-4-11(15)8-12/h3-8,14-15H,2,9H2,1H3. The van der Waals surface area contributed by atoms with E-state index in [1.165, 1.54) is 35.6 Å². The Balaban J connectivity index is 2.14. The van der Waals surface area contributed by atoms with Gasteiger partial charge in [-0.2, -0.15) is 0 Å². The van der Waals surface area contributed by atoms with Gasteiger partial charge < -0.3 is 5.11 Å². The lowest BCUT2D eigenvalue weighted by Crippen LogP contribution is -2.23. The average Bonchev–Trinajstić information content (AvgIpc) is 2.84. The molecule has 1 aromatic carbocycles. The van der Waals surface area contributed by atoms with Gasteiger partial charge in [0.25, 0.3) is 0 Å². The number of aryl methyl sites for hydroxylation is 1. The zero-order valence-corrected chi connectivity index (χ0v) is 12.1. The highest BCUT2D eigenvalue weighted by Crippen LogP contribution is 2.19. The second-order valence-electron chi connectivity index (χ2n) is 4.04. The van der Waals surface area contributed by atoms with Gasteiger partial charge in [0.1, 0.15) is 5.75 Å². The van der Waals surface area contributed by atoms with Crippen molar-refractivity contribution in [2.45, 2.75) is 24.8 Å². The van der Waals surface area contributed by atoms with Crippen LogP contribution in [-0.2, 0) is 23.0 Å². The summed E-state index contributed by atoms with van der Waals surface area (Å²) in [6.07, 6.45) is 0.882. The lowest BCUT2D eigenvalue weighted by atomic mass is 10.2. The van der Waals surface area contributed by atoms with E-state index < -0.39 is 10.0 Å². The molecule has 0 saturated carbocycles. The van der Waals surface area contributed by atoms with Gasteiger partial charge in [-0.15, -0.1) is 11.3 Å². The molecule has 1 heterocycles. The second-order valence-corrected chi connectivity index (χ2v) is 6.81. The van der Waals surface area contributed by atoms with Crippen LogP contribution in [0.3, 0.4) is 0 Å². The third kappa shape index (κ3) is 3.34. The Hall–Kier alpha value is -1.37. The zero-order chi connectivity index (χ0) is 13.9. The first-order valence-electron chi connectivity index (χ1n) is 5.87. The van der Waals surface area contributed by atoms with E-state index in [1.807, 2.05) is 18.4 Å². The number of rotatable bonds is 5. The Kier molecular flexibility index (Phi) is 4.24. The highest BCUT2D eigenvalue weighted by molar-refractivity contribution is 7.89. The van der Waals surface area contributed by atoms with Crippen LogP contribution >= 0.6 is 11.3 Å². The fourth-order valence-corrected chi connectivity index (χ4v) is 3.77. The van der Waals surface area contributed by atoms with Crippen LogP contribution in [0, 0.1) is 0 Å². The first kappa shape index (κ1) is 14.0. The van der Waals surface area contributed by atoms with Crippen molar-refractivity contribution >= 4 is 21.4 Å². The monoisotopic (exact) mass is 297 g/mol. The predicted molar refractivity (Wildman–Crippen MR) is 75.8 cm³/mol. The summed E-state index contributed by atoms with van der Waals surface area (Å²) in [7, 11) is -3.59. The Morgan fingerprint density at radius 2 is 2.11 bits per heavy atom. The van der Waals surface area contributed by atoms with E-state index in [0.717, 1.165) is 16.9 Å². The average molecular weight is 297 g/mol. The Morgan fingerprint density at radius 1 is 1.32 bits per heavy atom. The number of phenolic OH excluding ortho intramolecular Hbond substituents is 1. The maximum absolute atomic E-state index is 12.1. The lowest BCUT2D eigenvalue weighted by Gasteiger charge is -2.07. The highest BCUT2D eigenvalue weighted by Gasteiger charge is 2.15. The Labute approximate surface area is 116 Å². The summed E-state index contributed by atoms with van der Waals surface area (Å²) in [5.74, 6) is -0.0618. The Morgan fingerprint density at radius 3 is 2.79 bits per heavy atom. The van der Waals surface area contributed by atoms with Crippen LogP contribution in [-0.4, -0.2) is 13.5 Å². The molecule has 6 heteroatoms. The van der Waals surface area contributed by atoms with E-state index in [2.05, 4.69) is 4.72 Å². The molecule has 0 unspecified atom stereocenters. The number of nitrogens with one attached hydrogen (secondary N) is 1. The number of phenols is 1. The van der Waals surface area contributed by atoms with Crippen molar-refractivity contribution in [3.63, 3.8) is 0 Å². The van der Waals surface area contributed by atoms with E-state index in [9.17, 15) is 13.5 Å². The van der Waals surface area contributed by atoms with E-state index in [-0.39, 0.29) is 17.2 Å². The summed E-state index contributed by atoms with van der Waals surface area (Å²) in [6.45, 7) is 2.31. The van der Waals surface area contributed by atoms with E-state index >= 15 is 0 Å². The lowest BCUT2D eigenvalue weighted by molar-refractivity contribution is 0.473. The van der Waals surface area contributed by atoms with Gasteiger partial charge in [0.15, 0.2) is 0 Å². The van der Waals surface area contributed by atoms with Crippen LogP contribution in [0.5, 0.6) is 5.75 Å². The normalized spacial score (nSPS) is 11.6. The van der Waals surface area contributed by atoms with Crippen molar-refractivity contribution in [3.05, 3.63) is 46.2 Å². The summed E-state index contributed by atoms with van der Waals surface area (Å²) < 4.78 is 26.7. The molecule has 0 atom stereocenters. The third-order valence-corrected chi connectivity index (χ3v) is 5.13. The maximum atomic E-state index is 12.1. The molecule has 0 amide bonds. The van der Waals surface area contributed by atoms with E-state index in [1.54, 1.807) is 0 Å². The molecular formula is C13H15NO3S2. The van der Waals surface area contributed by atoms with Gasteiger partial charge in [0.05, 0.1) is 4.90 Å². The smallest absolute Gasteiger partial charge is 0.241 e. The van der Waals surface area contributed by atoms with Crippen molar-refractivity contribution in [3.8, 4) is 5.75 Å². The predicted octanol–water partition coefficient (Wildman–Crippen LogP) is 2.49. The largest absolute Gasteiger partial charge is 0.508 e. The molecule has 1 aromatic heterocycles. The SMILES string of the molecule is CCc1ccsc1CNS(=O)(=O)c1cccc(O)c1. The fourth-order valence-electron chi connectivity index (χ4n) is 1.73. The minimum absolute atomic E-state index is 0.0618. The zero-order valence-electron chi connectivity index (χ0n) is 10.5. The van der Waals surface area contributed by atoms with Gasteiger partial charge in [-0.05, 0) is 41.6 Å². The molecule has 0 bridgehead atoms. The molecular weight excluding hydrogens is 282 g/mol. The molecule has 0 aliphatic carbocycles. The minimum atomic E-state index is -3.59. The number of hydrogen-bond donors (Lipinski definition) is 2. The van der Waals surface area contributed by atoms with E-state index in [0.29, 0.717) is 0 Å². The van der Waals surface area contributed by atoms with E-state index in [4.69, 9.17) is 0 Å². The first-order chi connectivity index (χ1) is 9.03. The van der Waals surface area contributed by atoms with Crippen LogP contribution in [0.25, 0.3) is 0 Å². The van der Waals surface area contributed by atoms with Crippen LogP contribution in [0.15, 0.2) is 40.6 Å². The van der Waals surface area contributed by atoms with Crippen molar-refractivity contribution in [2.24, 2.45) is 0 Å². The summed E-state index contributed by atoms with van der Waals surface area (Å²) in [4.78, 5) is 1.09. The molecule has 2 rings (SSSR count). The molecule has 0 saturated heterocycles. The molecule has 0 fully saturated rings. The number of hydrogen-bond acceptors (Lipinski definition) is 4. The summed E-state index contributed by atoms with van der Waals surface area (Å²) >= 11 is 1.54. The molecule has 19 heavy (non-hydrogen) atoms. The first-order valence-corrected chi connectivity index (χ1v) is 8.23. The van der Waals surface area contributed by atoms with Gasteiger partial charge in [-0.3, -0.25) is 0 Å². The summed E-state index contributed by atoms with van der Waals surface area (Å²) in [5.41, 5.74) is 1.16. The molecule has 102 valence electrons. The van der Waals surface area contributed by atoms with Crippen LogP contribution in [0.1, 0.15) is 17.4 Å². The van der Waals surface area contributed by atoms with Crippen LogP contribution in [0.2, 0.25) is 0 Å². The highest BCUT2D eigenvalue weighted by atomic mass is 32.2. The molecule has 0 aliphatic heterocycles. The van der Waals surface area contributed by atoms with Crippen LogP contribution < -0.4 is 4.72 Å². The van der Waals surface area contributed by atoms with Crippen molar-refractivity contribution in [2.75, 3.05) is 0 Å². The number of aromatic hydroxyl groups is 1. The van der Waals surface area contributed by atoms with Crippen molar-refractivity contribution < 1.29 is 13.5 Å². The van der Waals surface area contributed by atoms with Crippen molar-refractivity contribution in [1.82, 2.24) is 4.72 Å². The topological polar surface area (TPSA) is 66.4 Å². The van der Waals surface area contributed by atoms with Gasteiger partial charge in [0, 0.05) is 11.4 Å². The van der Waals surface area contributed by atoms with Gasteiger partial charge in [0.2, 0.25) is 10.0 Å². The van der Waals surface area contributed by atoms with Gasteiger partial charge in [-0.25, -0.2) is 13.1 Å². The molecule has 0 aliphatic rings. The Bertz CT molecular complexity index is 662. The third-order valence-electron chi connectivity index (χ3n) is 2.77. The minimum Gasteiger partial charge on any atom is -0.508 e. The molecule has 4 nitrogen and oxygen atoms in total. The maximum Gasteiger partial charge on any atom is 0.241 e. The fraction of sp³-hybridized carbons (Fsp3) is 0.231. The van der Waals surface area contributed by atoms with Gasteiger partial charge in [-0.1, -0.05) is 13.0 Å². The molecule has 0 spiro atoms. The number of sulfonamides is 1. The quantitative estimate of drug-likeness (QED) is 0.891. The molecule has 0 radical (unpaired) electrons. The number of benzene rings is 1. The van der Waals surface area contributed by atoms with Crippen LogP contribution in [0.4, 0.5) is 0 Å². The molecule has 2 aromatic rings. The van der Waals surface area contributed by atoms with Gasteiger partial charge >= 0.3 is 0 Å².